The van der Waals surface area contributed by atoms with E-state index in [2.05, 4.69) is 15.1 Å². The fourth-order valence-corrected chi connectivity index (χ4v) is 2.38. The van der Waals surface area contributed by atoms with E-state index >= 15 is 0 Å². The van der Waals surface area contributed by atoms with Gasteiger partial charge in [0.15, 0.2) is 5.69 Å². The molecule has 0 aliphatic carbocycles. The van der Waals surface area contributed by atoms with Gasteiger partial charge in [-0.05, 0) is 44.2 Å². The van der Waals surface area contributed by atoms with Gasteiger partial charge in [0, 0.05) is 5.56 Å². The molecule has 2 aromatic heterocycles. The van der Waals surface area contributed by atoms with Crippen molar-refractivity contribution < 1.29 is 17.6 Å². The Balaban J connectivity index is 2.23. The lowest BCUT2D eigenvalue weighted by Gasteiger charge is -2.11. The molecule has 0 aliphatic heterocycles. The molecule has 0 spiro atoms. The number of aromatic nitrogens is 4. The van der Waals surface area contributed by atoms with Gasteiger partial charge in [-0.3, -0.25) is 0 Å². The summed E-state index contributed by atoms with van der Waals surface area (Å²) in [4.78, 5) is 7.71. The zero-order chi connectivity index (χ0) is 18.4. The summed E-state index contributed by atoms with van der Waals surface area (Å²) >= 11 is 6.05. The zero-order valence-corrected chi connectivity index (χ0v) is 13.8. The summed E-state index contributed by atoms with van der Waals surface area (Å²) in [6.45, 7) is 3.23. The molecule has 2 heterocycles. The monoisotopic (exact) mass is 370 g/mol. The first-order valence-corrected chi connectivity index (χ1v) is 7.49. The summed E-state index contributed by atoms with van der Waals surface area (Å²) in [5, 5.41) is 4.41. The molecule has 0 N–H and O–H groups in total. The average molecular weight is 371 g/mol. The van der Waals surface area contributed by atoms with Crippen LogP contribution in [-0.2, 0) is 6.18 Å². The molecule has 0 radical (unpaired) electrons. The summed E-state index contributed by atoms with van der Waals surface area (Å²) in [5.74, 6) is -0.763. The fourth-order valence-electron chi connectivity index (χ4n) is 2.26. The van der Waals surface area contributed by atoms with Crippen molar-refractivity contribution in [3.05, 3.63) is 58.3 Å². The molecule has 0 atom stereocenters. The van der Waals surface area contributed by atoms with Gasteiger partial charge >= 0.3 is 6.18 Å². The quantitative estimate of drug-likeness (QED) is 0.611. The molecule has 3 rings (SSSR count). The number of alkyl halides is 3. The number of aryl methyl sites for hydroxylation is 1. The summed E-state index contributed by atoms with van der Waals surface area (Å²) in [7, 11) is 0. The molecular weight excluding hydrogens is 360 g/mol. The minimum absolute atomic E-state index is 0.000926. The number of rotatable bonds is 2. The van der Waals surface area contributed by atoms with Gasteiger partial charge in [-0.15, -0.1) is 0 Å². The van der Waals surface area contributed by atoms with Crippen LogP contribution in [0, 0.1) is 19.7 Å². The molecule has 25 heavy (non-hydrogen) atoms. The van der Waals surface area contributed by atoms with E-state index in [0.29, 0.717) is 22.0 Å². The molecule has 3 aromatic rings. The Kier molecular flexibility index (Phi) is 4.24. The topological polar surface area (TPSA) is 43.6 Å². The highest BCUT2D eigenvalue weighted by molar-refractivity contribution is 6.31. The Bertz CT molecular complexity index is 933. The van der Waals surface area contributed by atoms with E-state index in [9.17, 15) is 17.6 Å². The van der Waals surface area contributed by atoms with Crippen molar-refractivity contribution in [2.45, 2.75) is 20.0 Å². The zero-order valence-electron chi connectivity index (χ0n) is 13.1. The van der Waals surface area contributed by atoms with Crippen molar-refractivity contribution in [2.24, 2.45) is 0 Å². The molecule has 0 unspecified atom stereocenters. The molecule has 0 amide bonds. The predicted molar refractivity (Wildman–Crippen MR) is 84.0 cm³/mol. The lowest BCUT2D eigenvalue weighted by atomic mass is 10.1. The van der Waals surface area contributed by atoms with Gasteiger partial charge in [-0.25, -0.2) is 19.0 Å². The molecule has 130 valence electrons. The van der Waals surface area contributed by atoms with E-state index in [0.717, 1.165) is 22.9 Å². The molecule has 0 saturated heterocycles. The van der Waals surface area contributed by atoms with E-state index < -0.39 is 17.7 Å². The van der Waals surface area contributed by atoms with Gasteiger partial charge in [-0.1, -0.05) is 11.6 Å². The molecule has 0 aliphatic rings. The van der Waals surface area contributed by atoms with Crippen molar-refractivity contribution in [1.82, 2.24) is 19.7 Å². The largest absolute Gasteiger partial charge is 0.433 e. The standard InChI is InChI=1S/C16H11ClF4N4/c1-8-14(17)9(2)25(24-8)15-22-12(7-13(23-15)16(19,20)21)10-3-5-11(18)6-4-10/h3-7H,1-2H3. The highest BCUT2D eigenvalue weighted by Gasteiger charge is 2.34. The second-order valence-corrected chi connectivity index (χ2v) is 5.72. The molecule has 0 bridgehead atoms. The van der Waals surface area contributed by atoms with Crippen LogP contribution >= 0.6 is 11.6 Å². The third-order valence-electron chi connectivity index (χ3n) is 3.54. The lowest BCUT2D eigenvalue weighted by Crippen LogP contribution is -2.14. The van der Waals surface area contributed by atoms with Crippen LogP contribution in [0.25, 0.3) is 17.2 Å². The van der Waals surface area contributed by atoms with Gasteiger partial charge in [-0.2, -0.15) is 18.3 Å². The first-order chi connectivity index (χ1) is 11.7. The van der Waals surface area contributed by atoms with Crippen molar-refractivity contribution in [3.8, 4) is 17.2 Å². The Hall–Kier alpha value is -2.48. The molecular formula is C16H11ClF4N4. The Labute approximate surface area is 145 Å². The fraction of sp³-hybridized carbons (Fsp3) is 0.188. The van der Waals surface area contributed by atoms with Crippen molar-refractivity contribution in [2.75, 3.05) is 0 Å². The summed E-state index contributed by atoms with van der Waals surface area (Å²) in [6, 6.07) is 5.78. The first kappa shape index (κ1) is 17.3. The van der Waals surface area contributed by atoms with Crippen LogP contribution in [0.5, 0.6) is 0 Å². The SMILES string of the molecule is Cc1nn(-c2nc(-c3ccc(F)cc3)cc(C(F)(F)F)n2)c(C)c1Cl. The van der Waals surface area contributed by atoms with Crippen LogP contribution < -0.4 is 0 Å². The minimum Gasteiger partial charge on any atom is -0.211 e. The van der Waals surface area contributed by atoms with E-state index in [-0.39, 0.29) is 11.6 Å². The number of benzene rings is 1. The molecule has 0 saturated carbocycles. The first-order valence-electron chi connectivity index (χ1n) is 7.11. The predicted octanol–water partition coefficient (Wildman–Crippen LogP) is 4.76. The van der Waals surface area contributed by atoms with Crippen LogP contribution in [0.2, 0.25) is 5.02 Å². The molecule has 0 fully saturated rings. The summed E-state index contributed by atoms with van der Waals surface area (Å²) in [5.41, 5.74) is 0.0664. The van der Waals surface area contributed by atoms with Crippen LogP contribution in [0.3, 0.4) is 0 Å². The highest BCUT2D eigenvalue weighted by Crippen LogP contribution is 2.31. The van der Waals surface area contributed by atoms with Crippen molar-refractivity contribution >= 4 is 11.6 Å². The Morgan fingerprint density at radius 1 is 1.04 bits per heavy atom. The van der Waals surface area contributed by atoms with E-state index in [4.69, 9.17) is 11.6 Å². The van der Waals surface area contributed by atoms with Crippen LogP contribution in [0.1, 0.15) is 17.1 Å². The normalized spacial score (nSPS) is 11.8. The van der Waals surface area contributed by atoms with Crippen molar-refractivity contribution in [3.63, 3.8) is 0 Å². The molecule has 4 nitrogen and oxygen atoms in total. The lowest BCUT2D eigenvalue weighted by molar-refractivity contribution is -0.141. The summed E-state index contributed by atoms with van der Waals surface area (Å²) < 4.78 is 53.9. The smallest absolute Gasteiger partial charge is 0.211 e. The average Bonchev–Trinajstić information content (AvgIpc) is 2.82. The van der Waals surface area contributed by atoms with Crippen molar-refractivity contribution in [1.29, 1.82) is 0 Å². The van der Waals surface area contributed by atoms with Gasteiger partial charge in [0.1, 0.15) is 5.82 Å². The third-order valence-corrected chi connectivity index (χ3v) is 4.08. The number of hydrogen-bond acceptors (Lipinski definition) is 3. The van der Waals surface area contributed by atoms with Gasteiger partial charge in [0.25, 0.3) is 5.95 Å². The van der Waals surface area contributed by atoms with Crippen LogP contribution in [-0.4, -0.2) is 19.7 Å². The van der Waals surface area contributed by atoms with Gasteiger partial charge < -0.3 is 0 Å². The van der Waals surface area contributed by atoms with E-state index in [1.165, 1.54) is 12.1 Å². The third kappa shape index (κ3) is 3.34. The Morgan fingerprint density at radius 3 is 2.20 bits per heavy atom. The number of hydrogen-bond donors (Lipinski definition) is 0. The second kappa shape index (κ2) is 6.11. The maximum Gasteiger partial charge on any atom is 0.433 e. The second-order valence-electron chi connectivity index (χ2n) is 5.34. The van der Waals surface area contributed by atoms with Crippen LogP contribution in [0.4, 0.5) is 17.6 Å². The van der Waals surface area contributed by atoms with E-state index in [1.54, 1.807) is 13.8 Å². The van der Waals surface area contributed by atoms with Crippen LogP contribution in [0.15, 0.2) is 30.3 Å². The Morgan fingerprint density at radius 2 is 1.68 bits per heavy atom. The van der Waals surface area contributed by atoms with E-state index in [1.807, 2.05) is 0 Å². The highest BCUT2D eigenvalue weighted by atomic mass is 35.5. The minimum atomic E-state index is -4.67. The van der Waals surface area contributed by atoms with Gasteiger partial charge in [0.05, 0.1) is 22.1 Å². The number of halogens is 5. The maximum absolute atomic E-state index is 13.2. The maximum atomic E-state index is 13.2. The molecule has 9 heteroatoms. The molecule has 1 aromatic carbocycles. The summed E-state index contributed by atoms with van der Waals surface area (Å²) in [6.07, 6.45) is -4.67. The number of nitrogens with zero attached hydrogens (tertiary/aromatic N) is 4. The van der Waals surface area contributed by atoms with Gasteiger partial charge in [0.2, 0.25) is 0 Å².